The summed E-state index contributed by atoms with van der Waals surface area (Å²) in [7, 11) is 0. The second-order valence-electron chi connectivity index (χ2n) is 8.58. The van der Waals surface area contributed by atoms with Crippen molar-refractivity contribution in [2.45, 2.75) is 77.1 Å². The van der Waals surface area contributed by atoms with Crippen molar-refractivity contribution in [1.82, 2.24) is 9.80 Å². The zero-order valence-electron chi connectivity index (χ0n) is 16.7. The summed E-state index contributed by atoms with van der Waals surface area (Å²) in [5, 5.41) is 1.11. The molecule has 7 heteroatoms. The van der Waals surface area contributed by atoms with Crippen LogP contribution in [0.15, 0.2) is 18.2 Å². The largest absolute Gasteiger partial charge is 0.444 e. The summed E-state index contributed by atoms with van der Waals surface area (Å²) in [5.74, 6) is -0.0379. The Kier molecular flexibility index (Phi) is 6.45. The molecule has 1 aromatic carbocycles. The van der Waals surface area contributed by atoms with E-state index < -0.39 is 17.7 Å². The molecule has 2 amide bonds. The van der Waals surface area contributed by atoms with E-state index in [4.69, 9.17) is 27.9 Å². The van der Waals surface area contributed by atoms with Crippen LogP contribution in [-0.2, 0) is 16.1 Å². The summed E-state index contributed by atoms with van der Waals surface area (Å²) < 4.78 is 5.54. The molecule has 1 atom stereocenters. The van der Waals surface area contributed by atoms with Crippen molar-refractivity contribution < 1.29 is 14.3 Å². The zero-order valence-corrected chi connectivity index (χ0v) is 18.2. The van der Waals surface area contributed by atoms with Crippen LogP contribution >= 0.6 is 23.2 Å². The number of amides is 2. The molecule has 0 spiro atoms. The second kappa shape index (κ2) is 8.50. The maximum atomic E-state index is 13.5. The first-order valence-electron chi connectivity index (χ1n) is 9.90. The van der Waals surface area contributed by atoms with Gasteiger partial charge in [0.2, 0.25) is 5.91 Å². The summed E-state index contributed by atoms with van der Waals surface area (Å²) in [6.45, 7) is 6.40. The number of nitrogens with zero attached hydrogens (tertiary/aromatic N) is 2. The average Bonchev–Trinajstić information content (AvgIpc) is 3.44. The highest BCUT2D eigenvalue weighted by atomic mass is 35.5. The van der Waals surface area contributed by atoms with Crippen LogP contribution in [-0.4, -0.2) is 46.0 Å². The molecule has 5 nitrogen and oxygen atoms in total. The Hall–Kier alpha value is -1.46. The normalized spacial score (nSPS) is 20.0. The van der Waals surface area contributed by atoms with Crippen LogP contribution in [0.3, 0.4) is 0 Å². The van der Waals surface area contributed by atoms with Gasteiger partial charge >= 0.3 is 6.09 Å². The quantitative estimate of drug-likeness (QED) is 0.658. The number of halogens is 2. The number of likely N-dealkylation sites (tertiary alicyclic amines) is 1. The Morgan fingerprint density at radius 3 is 2.36 bits per heavy atom. The lowest BCUT2D eigenvalue weighted by atomic mass is 10.0. The predicted octanol–water partition coefficient (Wildman–Crippen LogP) is 5.27. The van der Waals surface area contributed by atoms with Gasteiger partial charge in [-0.2, -0.15) is 0 Å². The molecule has 1 saturated heterocycles. The van der Waals surface area contributed by atoms with Crippen molar-refractivity contribution in [3.8, 4) is 0 Å². The van der Waals surface area contributed by atoms with Crippen LogP contribution in [0.1, 0.15) is 58.4 Å². The van der Waals surface area contributed by atoms with Gasteiger partial charge in [0.05, 0.1) is 0 Å². The molecule has 1 aromatic rings. The molecule has 0 aromatic heterocycles. The lowest BCUT2D eigenvalue weighted by molar-refractivity contribution is -0.139. The van der Waals surface area contributed by atoms with Gasteiger partial charge in [-0.1, -0.05) is 29.3 Å². The van der Waals surface area contributed by atoms with Crippen molar-refractivity contribution in [2.24, 2.45) is 0 Å². The third-order valence-electron chi connectivity index (χ3n) is 5.08. The van der Waals surface area contributed by atoms with Crippen molar-refractivity contribution in [3.05, 3.63) is 33.8 Å². The molecule has 1 unspecified atom stereocenters. The molecule has 1 aliphatic carbocycles. The highest BCUT2D eigenvalue weighted by Crippen LogP contribution is 2.34. The second-order valence-corrected chi connectivity index (χ2v) is 9.40. The van der Waals surface area contributed by atoms with Crippen LogP contribution < -0.4 is 0 Å². The SMILES string of the molecule is CC(C)(C)OC(=O)N1CCCCC1C(=O)N(Cc1c(Cl)cccc1Cl)C1CC1. The van der Waals surface area contributed by atoms with E-state index in [1.54, 1.807) is 23.1 Å². The summed E-state index contributed by atoms with van der Waals surface area (Å²) in [6.07, 6.45) is 3.96. The summed E-state index contributed by atoms with van der Waals surface area (Å²) in [6, 6.07) is 5.05. The van der Waals surface area contributed by atoms with Crippen LogP contribution in [0.5, 0.6) is 0 Å². The molecule has 154 valence electrons. The van der Waals surface area contributed by atoms with Gasteiger partial charge in [-0.25, -0.2) is 4.79 Å². The summed E-state index contributed by atoms with van der Waals surface area (Å²) in [4.78, 5) is 29.6. The summed E-state index contributed by atoms with van der Waals surface area (Å²) in [5.41, 5.74) is 0.161. The van der Waals surface area contributed by atoms with E-state index in [9.17, 15) is 9.59 Å². The van der Waals surface area contributed by atoms with Gasteiger partial charge < -0.3 is 9.64 Å². The number of rotatable bonds is 4. The smallest absolute Gasteiger partial charge is 0.410 e. The summed E-state index contributed by atoms with van der Waals surface area (Å²) >= 11 is 12.7. The highest BCUT2D eigenvalue weighted by Gasteiger charge is 2.41. The number of ether oxygens (including phenoxy) is 1. The number of hydrogen-bond donors (Lipinski definition) is 0. The van der Waals surface area contributed by atoms with E-state index in [1.807, 2.05) is 25.7 Å². The molecule has 1 aliphatic heterocycles. The minimum atomic E-state index is -0.594. The van der Waals surface area contributed by atoms with Gasteiger partial charge in [-0.3, -0.25) is 9.69 Å². The number of carbonyl (C=O) groups excluding carboxylic acids is 2. The number of piperidine rings is 1. The molecular formula is C21H28Cl2N2O3. The first kappa shape index (κ1) is 21.3. The van der Waals surface area contributed by atoms with Gasteiger partial charge in [0.1, 0.15) is 11.6 Å². The first-order valence-corrected chi connectivity index (χ1v) is 10.7. The number of hydrogen-bond acceptors (Lipinski definition) is 3. The molecule has 3 rings (SSSR count). The van der Waals surface area contributed by atoms with Crippen LogP contribution in [0.25, 0.3) is 0 Å². The first-order chi connectivity index (χ1) is 13.2. The third-order valence-corrected chi connectivity index (χ3v) is 5.78. The zero-order chi connectivity index (χ0) is 20.5. The Morgan fingerprint density at radius 1 is 1.14 bits per heavy atom. The molecule has 0 N–H and O–H groups in total. The van der Waals surface area contributed by atoms with Gasteiger partial charge in [-0.15, -0.1) is 0 Å². The Morgan fingerprint density at radius 2 is 1.79 bits per heavy atom. The lowest BCUT2D eigenvalue weighted by Gasteiger charge is -2.38. The van der Waals surface area contributed by atoms with Gasteiger partial charge in [0.25, 0.3) is 0 Å². The van der Waals surface area contributed by atoms with E-state index >= 15 is 0 Å². The minimum Gasteiger partial charge on any atom is -0.444 e. The highest BCUT2D eigenvalue weighted by molar-refractivity contribution is 6.36. The fourth-order valence-corrected chi connectivity index (χ4v) is 4.06. The topological polar surface area (TPSA) is 49.9 Å². The molecule has 2 aliphatic rings. The maximum Gasteiger partial charge on any atom is 0.410 e. The molecular weight excluding hydrogens is 399 g/mol. The van der Waals surface area contributed by atoms with E-state index in [1.165, 1.54) is 0 Å². The molecule has 0 radical (unpaired) electrons. The predicted molar refractivity (Wildman–Crippen MR) is 111 cm³/mol. The van der Waals surface area contributed by atoms with Crippen LogP contribution in [0, 0.1) is 0 Å². The van der Waals surface area contributed by atoms with E-state index in [0.29, 0.717) is 29.6 Å². The van der Waals surface area contributed by atoms with Crippen LogP contribution in [0.4, 0.5) is 4.79 Å². The van der Waals surface area contributed by atoms with Gasteiger partial charge in [0, 0.05) is 34.7 Å². The van der Waals surface area contributed by atoms with Crippen molar-refractivity contribution >= 4 is 35.2 Å². The maximum absolute atomic E-state index is 13.5. The van der Waals surface area contributed by atoms with Gasteiger partial charge in [0.15, 0.2) is 0 Å². The molecule has 0 bridgehead atoms. The molecule has 1 heterocycles. The fourth-order valence-electron chi connectivity index (χ4n) is 3.55. The Labute approximate surface area is 176 Å². The van der Waals surface area contributed by atoms with Crippen molar-refractivity contribution in [1.29, 1.82) is 0 Å². The van der Waals surface area contributed by atoms with E-state index in [-0.39, 0.29) is 11.9 Å². The third kappa shape index (κ3) is 5.12. The number of benzene rings is 1. The molecule has 28 heavy (non-hydrogen) atoms. The van der Waals surface area contributed by atoms with E-state index in [2.05, 4.69) is 0 Å². The molecule has 2 fully saturated rings. The van der Waals surface area contributed by atoms with Crippen molar-refractivity contribution in [3.63, 3.8) is 0 Å². The Bertz CT molecular complexity index is 723. The molecule has 1 saturated carbocycles. The van der Waals surface area contributed by atoms with Crippen molar-refractivity contribution in [2.75, 3.05) is 6.54 Å². The number of carbonyl (C=O) groups is 2. The van der Waals surface area contributed by atoms with E-state index in [0.717, 1.165) is 31.2 Å². The fraction of sp³-hybridized carbons (Fsp3) is 0.619. The monoisotopic (exact) mass is 426 g/mol. The lowest BCUT2D eigenvalue weighted by Crippen LogP contribution is -2.54. The van der Waals surface area contributed by atoms with Crippen LogP contribution in [0.2, 0.25) is 10.0 Å². The average molecular weight is 427 g/mol. The minimum absolute atomic E-state index is 0.0379. The standard InChI is InChI=1S/C21H28Cl2N2O3/c1-21(2,3)28-20(27)24-12-5-4-9-18(24)19(26)25(14-10-11-14)13-15-16(22)7-6-8-17(15)23/h6-8,14,18H,4-5,9-13H2,1-3H3. The Balaban J connectivity index is 1.80. The van der Waals surface area contributed by atoms with Gasteiger partial charge in [-0.05, 0) is 65.0 Å².